The van der Waals surface area contributed by atoms with Crippen molar-refractivity contribution in [2.24, 2.45) is 0 Å². The number of alkyl halides is 1. The topological polar surface area (TPSA) is 15.7 Å². The Kier molecular flexibility index (Phi) is 8.74. The molecular weight excluding hydrogens is 475 g/mol. The van der Waals surface area contributed by atoms with Gasteiger partial charge in [-0.15, -0.1) is 11.6 Å². The summed E-state index contributed by atoms with van der Waals surface area (Å²) in [5.41, 5.74) is 1.21. The van der Waals surface area contributed by atoms with E-state index in [9.17, 15) is 0 Å². The molecule has 0 N–H and O–H groups in total. The van der Waals surface area contributed by atoms with E-state index in [1.807, 2.05) is 0 Å². The summed E-state index contributed by atoms with van der Waals surface area (Å²) in [4.78, 5) is 0. The molecular formula is C23H42ClN2OPSSi2. The second-order valence-corrected chi connectivity index (χ2v) is 26.6. The van der Waals surface area contributed by atoms with Crippen LogP contribution in [0.5, 0.6) is 0 Å². The third-order valence-corrected chi connectivity index (χ3v) is 13.7. The molecule has 2 aliphatic rings. The predicted octanol–water partition coefficient (Wildman–Crippen LogP) is 7.28. The van der Waals surface area contributed by atoms with Crippen LogP contribution in [-0.4, -0.2) is 55.8 Å². The van der Waals surface area contributed by atoms with E-state index in [0.29, 0.717) is 18.0 Å². The lowest BCUT2D eigenvalue weighted by Crippen LogP contribution is -2.46. The summed E-state index contributed by atoms with van der Waals surface area (Å²) in [6.45, 7) is 12.5. The highest BCUT2D eigenvalue weighted by atomic mass is 35.5. The molecule has 0 bridgehead atoms. The zero-order valence-electron chi connectivity index (χ0n) is 20.3. The van der Waals surface area contributed by atoms with Crippen molar-refractivity contribution in [2.45, 2.75) is 89.6 Å². The van der Waals surface area contributed by atoms with Crippen LogP contribution in [0.25, 0.3) is 0 Å². The minimum Gasteiger partial charge on any atom is -0.318 e. The van der Waals surface area contributed by atoms with Crippen molar-refractivity contribution < 1.29 is 4.52 Å². The monoisotopic (exact) mass is 516 g/mol. The van der Waals surface area contributed by atoms with Crippen molar-refractivity contribution in [3.63, 3.8) is 0 Å². The molecule has 0 aromatic heterocycles. The van der Waals surface area contributed by atoms with Gasteiger partial charge >= 0.3 is 0 Å². The molecule has 0 radical (unpaired) electrons. The fraction of sp³-hybridized carbons (Fsp3) is 0.739. The van der Waals surface area contributed by atoms with Gasteiger partial charge in [0, 0.05) is 30.3 Å². The number of rotatable bonds is 9. The Labute approximate surface area is 203 Å². The maximum absolute atomic E-state index is 7.17. The molecule has 1 heterocycles. The molecule has 2 fully saturated rings. The van der Waals surface area contributed by atoms with Crippen LogP contribution in [0.1, 0.15) is 43.8 Å². The first-order valence-corrected chi connectivity index (χ1v) is 22.5. The Hall–Kier alpha value is 0.474. The number of hydrogen-bond donors (Lipinski definition) is 0. The van der Waals surface area contributed by atoms with Gasteiger partial charge in [0.1, 0.15) is 0 Å². The average Bonchev–Trinajstić information content (AvgIpc) is 2.89. The van der Waals surface area contributed by atoms with Crippen LogP contribution in [0.2, 0.25) is 39.3 Å². The largest absolute Gasteiger partial charge is 0.318 e. The Morgan fingerprint density at radius 2 is 1.45 bits per heavy atom. The fourth-order valence-corrected chi connectivity index (χ4v) is 16.1. The first-order chi connectivity index (χ1) is 14.4. The summed E-state index contributed by atoms with van der Waals surface area (Å²) >= 11 is 13.0. The van der Waals surface area contributed by atoms with Gasteiger partial charge in [0.2, 0.25) is 6.57 Å². The first-order valence-electron chi connectivity index (χ1n) is 11.9. The van der Waals surface area contributed by atoms with Gasteiger partial charge in [0.05, 0.1) is 22.3 Å². The normalized spacial score (nSPS) is 26.0. The summed E-state index contributed by atoms with van der Waals surface area (Å²) in [6, 6.07) is 11.7. The Morgan fingerprint density at radius 3 is 1.87 bits per heavy atom. The molecule has 1 aromatic rings. The quantitative estimate of drug-likeness (QED) is 0.194. The lowest BCUT2D eigenvalue weighted by Gasteiger charge is -2.41. The smallest absolute Gasteiger partial charge is 0.204 e. The highest BCUT2D eigenvalue weighted by Gasteiger charge is 2.55. The minimum atomic E-state index is -2.33. The molecule has 1 aromatic carbocycles. The van der Waals surface area contributed by atoms with Crippen molar-refractivity contribution in [3.05, 3.63) is 35.9 Å². The summed E-state index contributed by atoms with van der Waals surface area (Å²) in [7, 11) is -2.72. The van der Waals surface area contributed by atoms with E-state index in [2.05, 4.69) is 79.0 Å². The molecule has 1 saturated heterocycles. The van der Waals surface area contributed by atoms with E-state index < -0.39 is 22.7 Å². The van der Waals surface area contributed by atoms with Crippen LogP contribution >= 0.6 is 18.2 Å². The Bertz CT molecular complexity index is 735. The van der Waals surface area contributed by atoms with Gasteiger partial charge in [-0.05, 0) is 36.6 Å². The van der Waals surface area contributed by atoms with Gasteiger partial charge in [-0.1, -0.05) is 82.5 Å². The van der Waals surface area contributed by atoms with Crippen molar-refractivity contribution in [1.29, 1.82) is 0 Å². The van der Waals surface area contributed by atoms with E-state index in [-0.39, 0.29) is 6.10 Å². The Morgan fingerprint density at radius 1 is 0.968 bits per heavy atom. The van der Waals surface area contributed by atoms with E-state index in [1.54, 1.807) is 0 Å². The SMILES string of the molecule is C[Si](C)(C)CN1[C@@H]2CCCC[C@H]2N(C[Si](C)(C)C)P1(=S)O[C@@H](CCCl)c1ccccc1. The number of nitrogens with zero attached hydrogens (tertiary/aromatic N) is 2. The molecule has 0 amide bonds. The van der Waals surface area contributed by atoms with Crippen LogP contribution in [0, 0.1) is 0 Å². The average molecular weight is 517 g/mol. The molecule has 1 saturated carbocycles. The summed E-state index contributed by atoms with van der Waals surface area (Å²) in [5, 5.41) is 0. The number of halogens is 1. The van der Waals surface area contributed by atoms with E-state index >= 15 is 0 Å². The standard InChI is InChI=1S/C23H42ClN2OPSSi2/c1-30(2,3)18-25-21-14-10-11-15-22(21)26(19-31(4,5)6)28(25,29)27-23(16-17-24)20-12-8-7-9-13-20/h7-9,12-13,21-23H,10-11,14-19H2,1-6H3/t21-,22-,23+/m1/s1. The van der Waals surface area contributed by atoms with Gasteiger partial charge in [-0.2, -0.15) is 0 Å². The highest BCUT2D eigenvalue weighted by Crippen LogP contribution is 2.67. The summed E-state index contributed by atoms with van der Waals surface area (Å²) in [6.07, 6.45) is 8.23. The zero-order valence-corrected chi connectivity index (χ0v) is 24.8. The maximum atomic E-state index is 7.17. The van der Waals surface area contributed by atoms with Crippen LogP contribution in [0.15, 0.2) is 30.3 Å². The summed E-state index contributed by atoms with van der Waals surface area (Å²) < 4.78 is 12.6. The number of benzene rings is 1. The molecule has 8 heteroatoms. The maximum Gasteiger partial charge on any atom is 0.204 e. The van der Waals surface area contributed by atoms with Crippen LogP contribution < -0.4 is 0 Å². The second-order valence-electron chi connectivity index (χ2n) is 11.7. The van der Waals surface area contributed by atoms with E-state index in [1.165, 1.54) is 31.2 Å². The van der Waals surface area contributed by atoms with Gasteiger partial charge in [-0.3, -0.25) is 0 Å². The first kappa shape index (κ1) is 26.1. The molecule has 0 spiro atoms. The molecule has 3 atom stereocenters. The molecule has 176 valence electrons. The van der Waals surface area contributed by atoms with Crippen LogP contribution in [-0.2, 0) is 16.3 Å². The Balaban J connectivity index is 2.04. The second kappa shape index (κ2) is 10.4. The third-order valence-electron chi connectivity index (χ3n) is 6.19. The van der Waals surface area contributed by atoms with Gasteiger partial charge in [0.15, 0.2) is 0 Å². The predicted molar refractivity (Wildman–Crippen MR) is 146 cm³/mol. The number of hydrogen-bond acceptors (Lipinski definition) is 2. The van der Waals surface area contributed by atoms with Gasteiger partial charge in [-0.25, -0.2) is 9.34 Å². The summed E-state index contributed by atoms with van der Waals surface area (Å²) in [5.74, 6) is 0.587. The molecule has 1 aliphatic carbocycles. The lowest BCUT2D eigenvalue weighted by molar-refractivity contribution is 0.195. The van der Waals surface area contributed by atoms with Crippen LogP contribution in [0.4, 0.5) is 0 Å². The van der Waals surface area contributed by atoms with Crippen LogP contribution in [0.3, 0.4) is 0 Å². The number of fused-ring (bicyclic) bond motifs is 1. The molecule has 0 unspecified atom stereocenters. The molecule has 31 heavy (non-hydrogen) atoms. The zero-order chi connectivity index (χ0) is 22.9. The van der Waals surface area contributed by atoms with Crippen molar-refractivity contribution >= 4 is 46.1 Å². The van der Waals surface area contributed by atoms with E-state index in [4.69, 9.17) is 27.9 Å². The van der Waals surface area contributed by atoms with Gasteiger partial charge in [0.25, 0.3) is 0 Å². The molecule has 3 nitrogen and oxygen atoms in total. The highest BCUT2D eigenvalue weighted by molar-refractivity contribution is 8.10. The third kappa shape index (κ3) is 6.54. The van der Waals surface area contributed by atoms with Crippen molar-refractivity contribution in [3.8, 4) is 0 Å². The molecule has 1 aliphatic heterocycles. The van der Waals surface area contributed by atoms with Gasteiger partial charge < -0.3 is 4.52 Å². The van der Waals surface area contributed by atoms with Crippen molar-refractivity contribution in [2.75, 3.05) is 18.2 Å². The van der Waals surface area contributed by atoms with E-state index in [0.717, 1.165) is 18.8 Å². The lowest BCUT2D eigenvalue weighted by atomic mass is 9.90. The fourth-order valence-electron chi connectivity index (χ4n) is 5.03. The molecule has 3 rings (SSSR count). The minimum absolute atomic E-state index is 0.0297. The van der Waals surface area contributed by atoms with Crippen molar-refractivity contribution in [1.82, 2.24) is 9.34 Å².